The monoisotopic (exact) mass is 402 g/mol. The molecule has 0 spiro atoms. The lowest BCUT2D eigenvalue weighted by Gasteiger charge is -2.35. The number of hydrogen-bond acceptors (Lipinski definition) is 4. The van der Waals surface area contributed by atoms with Crippen molar-refractivity contribution in [3.63, 3.8) is 0 Å². The van der Waals surface area contributed by atoms with E-state index < -0.39 is 40.8 Å². The Hall–Kier alpha value is -1.23. The van der Waals surface area contributed by atoms with Crippen LogP contribution in [0.1, 0.15) is 40.5 Å². The molecule has 0 amide bonds. The van der Waals surface area contributed by atoms with E-state index in [1.807, 2.05) is 0 Å². The molecule has 0 N–H and O–H groups in total. The first-order valence-electron chi connectivity index (χ1n) is 8.09. The Morgan fingerprint density at radius 2 is 1.23 bits per heavy atom. The zero-order valence-electron chi connectivity index (χ0n) is 15.3. The minimum Gasteiger partial charge on any atom is -0.487 e. The third kappa shape index (κ3) is 5.63. The average molecular weight is 402 g/mol. The fourth-order valence-corrected chi connectivity index (χ4v) is 2.63. The summed E-state index contributed by atoms with van der Waals surface area (Å²) in [4.78, 5) is 0. The highest BCUT2D eigenvalue weighted by Gasteiger charge is 2.34. The Morgan fingerprint density at radius 3 is 1.62 bits per heavy atom. The maximum Gasteiger partial charge on any atom is 0.273 e. The molecule has 0 heterocycles. The van der Waals surface area contributed by atoms with E-state index in [-0.39, 0.29) is 31.7 Å². The maximum absolute atomic E-state index is 13.6. The molecular weight excluding hydrogens is 379 g/mol. The molecule has 0 atom stereocenters. The van der Waals surface area contributed by atoms with Gasteiger partial charge >= 0.3 is 0 Å². The van der Waals surface area contributed by atoms with Crippen LogP contribution in [-0.4, -0.2) is 35.3 Å². The summed E-state index contributed by atoms with van der Waals surface area (Å²) < 4.78 is 88.0. The molecule has 0 fully saturated rings. The van der Waals surface area contributed by atoms with Gasteiger partial charge in [0.15, 0.2) is 16.2 Å². The molecule has 0 radical (unpaired) electrons. The zero-order chi connectivity index (χ0) is 20.1. The lowest BCUT2D eigenvalue weighted by atomic mass is 10.2. The number of benzene rings is 1. The van der Waals surface area contributed by atoms with E-state index in [2.05, 4.69) is 0 Å². The molecular formula is C16H23F5O4Si. The number of halogens is 5. The van der Waals surface area contributed by atoms with Gasteiger partial charge in [-0.05, 0) is 34.1 Å². The molecule has 0 bridgehead atoms. The number of rotatable bonds is 10. The van der Waals surface area contributed by atoms with Gasteiger partial charge in [0.25, 0.3) is 5.97 Å². The predicted octanol–water partition coefficient (Wildman–Crippen LogP) is 3.34. The SMILES string of the molecule is CC(C)OC(CCCOc1c(F)c(F)c(F)c(F)c1F)(O[SiH3])OC(C)C. The Bertz CT molecular complexity index is 574. The van der Waals surface area contributed by atoms with Gasteiger partial charge in [0.05, 0.1) is 18.8 Å². The summed E-state index contributed by atoms with van der Waals surface area (Å²) in [5.41, 5.74) is 0. The van der Waals surface area contributed by atoms with Crippen LogP contribution in [0.2, 0.25) is 0 Å². The van der Waals surface area contributed by atoms with Crippen LogP contribution in [0.4, 0.5) is 22.0 Å². The quantitative estimate of drug-likeness (QED) is 0.150. The van der Waals surface area contributed by atoms with Crippen molar-refractivity contribution in [1.29, 1.82) is 0 Å². The third-order valence-corrected chi connectivity index (χ3v) is 3.81. The van der Waals surface area contributed by atoms with Crippen molar-refractivity contribution in [2.24, 2.45) is 0 Å². The highest BCUT2D eigenvalue weighted by Crippen LogP contribution is 2.30. The van der Waals surface area contributed by atoms with Crippen LogP contribution in [0.5, 0.6) is 5.75 Å². The molecule has 0 saturated carbocycles. The molecule has 10 heteroatoms. The molecule has 4 nitrogen and oxygen atoms in total. The fraction of sp³-hybridized carbons (Fsp3) is 0.625. The summed E-state index contributed by atoms with van der Waals surface area (Å²) in [6.07, 6.45) is -0.179. The van der Waals surface area contributed by atoms with E-state index in [1.165, 1.54) is 0 Å². The molecule has 26 heavy (non-hydrogen) atoms. The first-order chi connectivity index (χ1) is 12.0. The first kappa shape index (κ1) is 22.8. The molecule has 1 aromatic rings. The molecule has 0 aliphatic rings. The predicted molar refractivity (Wildman–Crippen MR) is 87.2 cm³/mol. The van der Waals surface area contributed by atoms with Gasteiger partial charge in [-0.2, -0.15) is 8.78 Å². The van der Waals surface area contributed by atoms with E-state index in [0.29, 0.717) is 10.5 Å². The summed E-state index contributed by atoms with van der Waals surface area (Å²) in [5, 5.41) is 0. The van der Waals surface area contributed by atoms with Crippen molar-refractivity contribution in [3.05, 3.63) is 29.1 Å². The molecule has 0 aliphatic carbocycles. The van der Waals surface area contributed by atoms with Crippen LogP contribution in [0, 0.1) is 29.1 Å². The van der Waals surface area contributed by atoms with Crippen LogP contribution in [-0.2, 0) is 13.9 Å². The molecule has 150 valence electrons. The molecule has 1 rings (SSSR count). The smallest absolute Gasteiger partial charge is 0.273 e. The van der Waals surface area contributed by atoms with Crippen LogP contribution >= 0.6 is 0 Å². The van der Waals surface area contributed by atoms with E-state index in [4.69, 9.17) is 18.6 Å². The largest absolute Gasteiger partial charge is 0.487 e. The van der Waals surface area contributed by atoms with Crippen LogP contribution in [0.3, 0.4) is 0 Å². The van der Waals surface area contributed by atoms with Gasteiger partial charge < -0.3 is 18.6 Å². The molecule has 0 aliphatic heterocycles. The van der Waals surface area contributed by atoms with E-state index in [9.17, 15) is 22.0 Å². The number of hydrogen-bond donors (Lipinski definition) is 0. The van der Waals surface area contributed by atoms with Gasteiger partial charge in [0.1, 0.15) is 0 Å². The van der Waals surface area contributed by atoms with Crippen molar-refractivity contribution in [2.45, 2.75) is 58.7 Å². The van der Waals surface area contributed by atoms with Gasteiger partial charge in [-0.15, -0.1) is 0 Å². The van der Waals surface area contributed by atoms with Crippen molar-refractivity contribution in [2.75, 3.05) is 6.61 Å². The van der Waals surface area contributed by atoms with E-state index in [1.54, 1.807) is 27.7 Å². The van der Waals surface area contributed by atoms with E-state index >= 15 is 0 Å². The average Bonchev–Trinajstić information content (AvgIpc) is 2.56. The van der Waals surface area contributed by atoms with Crippen LogP contribution in [0.15, 0.2) is 0 Å². The minimum absolute atomic E-state index is 0.126. The summed E-state index contributed by atoms with van der Waals surface area (Å²) in [6, 6.07) is 0. The number of ether oxygens (including phenoxy) is 3. The summed E-state index contributed by atoms with van der Waals surface area (Å²) >= 11 is 0. The highest BCUT2D eigenvalue weighted by atomic mass is 28.2. The van der Waals surface area contributed by atoms with Gasteiger partial charge in [0.2, 0.25) is 29.1 Å². The van der Waals surface area contributed by atoms with Gasteiger partial charge in [-0.1, -0.05) is 0 Å². The van der Waals surface area contributed by atoms with Crippen molar-refractivity contribution in [1.82, 2.24) is 0 Å². The Kier molecular flexibility index (Phi) is 8.45. The fourth-order valence-electron chi connectivity index (χ4n) is 2.24. The van der Waals surface area contributed by atoms with Crippen LogP contribution < -0.4 is 4.74 Å². The highest BCUT2D eigenvalue weighted by molar-refractivity contribution is 5.98. The van der Waals surface area contributed by atoms with Crippen molar-refractivity contribution < 1.29 is 40.6 Å². The van der Waals surface area contributed by atoms with Crippen molar-refractivity contribution in [3.8, 4) is 5.75 Å². The first-order valence-corrected chi connectivity index (χ1v) is 8.91. The van der Waals surface area contributed by atoms with Gasteiger partial charge in [-0.25, -0.2) is 13.2 Å². The van der Waals surface area contributed by atoms with Crippen molar-refractivity contribution >= 4 is 10.5 Å². The lowest BCUT2D eigenvalue weighted by molar-refractivity contribution is -0.369. The second-order valence-corrected chi connectivity index (χ2v) is 6.48. The standard InChI is InChI=1S/C16H23F5O4Si/c1-8(2)23-16(25-26,24-9(3)4)6-5-7-22-15-13(20)11(18)10(17)12(19)14(15)21/h8-9H,5-7H2,1-4,26H3. The maximum atomic E-state index is 13.6. The minimum atomic E-state index is -2.23. The second kappa shape index (κ2) is 9.63. The molecule has 0 saturated heterocycles. The van der Waals surface area contributed by atoms with E-state index in [0.717, 1.165) is 0 Å². The third-order valence-electron chi connectivity index (χ3n) is 3.18. The molecule has 1 aromatic carbocycles. The topological polar surface area (TPSA) is 36.9 Å². The summed E-state index contributed by atoms with van der Waals surface area (Å²) in [7, 11) is 0.293. The summed E-state index contributed by atoms with van der Waals surface area (Å²) in [5.74, 6) is -13.0. The zero-order valence-corrected chi connectivity index (χ0v) is 17.3. The molecule has 0 aromatic heterocycles. The Labute approximate surface area is 152 Å². The summed E-state index contributed by atoms with van der Waals surface area (Å²) in [6.45, 7) is 6.80. The molecule has 0 unspecified atom stereocenters. The Morgan fingerprint density at radius 1 is 0.808 bits per heavy atom. The normalized spacial score (nSPS) is 12.4. The van der Waals surface area contributed by atoms with Gasteiger partial charge in [0, 0.05) is 6.42 Å². The second-order valence-electron chi connectivity index (χ2n) is 6.07. The van der Waals surface area contributed by atoms with Crippen LogP contribution in [0.25, 0.3) is 0 Å². The van der Waals surface area contributed by atoms with Gasteiger partial charge in [-0.3, -0.25) is 0 Å². The Balaban J connectivity index is 2.81. The lowest BCUT2D eigenvalue weighted by Crippen LogP contribution is -2.43.